The third-order valence-corrected chi connectivity index (χ3v) is 4.68. The number of nitrogens with zero attached hydrogens (tertiary/aromatic N) is 1. The molecule has 0 fully saturated rings. The van der Waals surface area contributed by atoms with Gasteiger partial charge in [0, 0.05) is 35.4 Å². The zero-order valence-electron chi connectivity index (χ0n) is 14.9. The monoisotopic (exact) mass is 321 g/mol. The van der Waals surface area contributed by atoms with Crippen LogP contribution in [-0.4, -0.2) is 46.2 Å². The first-order valence-corrected chi connectivity index (χ1v) is 8.06. The van der Waals surface area contributed by atoms with E-state index >= 15 is 0 Å². The van der Waals surface area contributed by atoms with Crippen LogP contribution < -0.4 is 0 Å². The van der Waals surface area contributed by atoms with Gasteiger partial charge in [-0.15, -0.1) is 0 Å². The predicted octanol–water partition coefficient (Wildman–Crippen LogP) is 2.19. The smallest absolute Gasteiger partial charge is 0.254 e. The summed E-state index contributed by atoms with van der Waals surface area (Å²) in [4.78, 5) is 38.4. The van der Waals surface area contributed by atoms with E-state index in [9.17, 15) is 19.5 Å². The highest BCUT2D eigenvalue weighted by molar-refractivity contribution is 6.24. The molecular weight excluding hydrogens is 294 g/mol. The third kappa shape index (κ3) is 3.78. The van der Waals surface area contributed by atoms with Gasteiger partial charge in [0.15, 0.2) is 11.6 Å². The Morgan fingerprint density at radius 2 is 1.48 bits per heavy atom. The van der Waals surface area contributed by atoms with Crippen molar-refractivity contribution < 1.29 is 19.5 Å². The average molecular weight is 321 g/mol. The van der Waals surface area contributed by atoms with E-state index < -0.39 is 5.60 Å². The molecule has 1 atom stereocenters. The van der Waals surface area contributed by atoms with Gasteiger partial charge in [0.1, 0.15) is 5.60 Å². The Bertz CT molecular complexity index is 592. The maximum atomic E-state index is 12.4. The molecule has 0 radical (unpaired) electrons. The molecule has 0 aromatic heterocycles. The first-order valence-electron chi connectivity index (χ1n) is 8.06. The van der Waals surface area contributed by atoms with Gasteiger partial charge in [-0.25, -0.2) is 0 Å². The maximum absolute atomic E-state index is 12.4. The standard InChI is InChI=1S/C18H27NO4/c1-7-19(8-2)17(22)18(6,23)10-9-14-13(5)15(20)11(3)12(4)16(14)21/h23H,7-10H2,1-6H3. The first kappa shape index (κ1) is 19.3. The minimum absolute atomic E-state index is 0.111. The van der Waals surface area contributed by atoms with Crippen LogP contribution in [0.1, 0.15) is 54.4 Å². The fraction of sp³-hybridized carbons (Fsp3) is 0.611. The lowest BCUT2D eigenvalue weighted by molar-refractivity contribution is -0.149. The zero-order chi connectivity index (χ0) is 17.9. The summed E-state index contributed by atoms with van der Waals surface area (Å²) in [6, 6.07) is 0. The molecule has 128 valence electrons. The van der Waals surface area contributed by atoms with E-state index in [1.165, 1.54) is 6.92 Å². The van der Waals surface area contributed by atoms with E-state index in [1.807, 2.05) is 13.8 Å². The minimum Gasteiger partial charge on any atom is -0.380 e. The number of hydrogen-bond donors (Lipinski definition) is 1. The molecule has 0 saturated heterocycles. The van der Waals surface area contributed by atoms with Gasteiger partial charge in [-0.1, -0.05) is 0 Å². The molecule has 0 spiro atoms. The zero-order valence-corrected chi connectivity index (χ0v) is 14.9. The summed E-state index contributed by atoms with van der Waals surface area (Å²) in [5.41, 5.74) is 0.203. The lowest BCUT2D eigenvalue weighted by Gasteiger charge is -2.30. The molecule has 1 aliphatic carbocycles. The quantitative estimate of drug-likeness (QED) is 0.761. The molecule has 0 aromatic carbocycles. The highest BCUT2D eigenvalue weighted by atomic mass is 16.3. The first-order chi connectivity index (χ1) is 10.6. The van der Waals surface area contributed by atoms with Crippen LogP contribution in [-0.2, 0) is 14.4 Å². The Kier molecular flexibility index (Phi) is 6.05. The van der Waals surface area contributed by atoms with Crippen molar-refractivity contribution in [1.29, 1.82) is 0 Å². The fourth-order valence-corrected chi connectivity index (χ4v) is 2.78. The van der Waals surface area contributed by atoms with Crippen molar-refractivity contribution >= 4 is 17.5 Å². The van der Waals surface area contributed by atoms with Crippen LogP contribution in [0.3, 0.4) is 0 Å². The molecule has 1 rings (SSSR count). The SMILES string of the molecule is CCN(CC)C(=O)C(C)(O)CCC1=C(C)C(=O)C(C)=C(C)C1=O. The summed E-state index contributed by atoms with van der Waals surface area (Å²) in [5, 5.41) is 10.5. The number of carbonyl (C=O) groups is 3. The van der Waals surface area contributed by atoms with Crippen molar-refractivity contribution in [1.82, 2.24) is 4.90 Å². The molecule has 0 heterocycles. The second-order valence-corrected chi connectivity index (χ2v) is 6.26. The number of ketones is 2. The van der Waals surface area contributed by atoms with Crippen molar-refractivity contribution in [3.63, 3.8) is 0 Å². The van der Waals surface area contributed by atoms with Crippen LogP contribution in [0.25, 0.3) is 0 Å². The topological polar surface area (TPSA) is 74.7 Å². The van der Waals surface area contributed by atoms with E-state index in [1.54, 1.807) is 25.7 Å². The molecule has 0 bridgehead atoms. The second kappa shape index (κ2) is 7.21. The number of allylic oxidation sites excluding steroid dienone is 4. The number of rotatable bonds is 6. The van der Waals surface area contributed by atoms with Gasteiger partial charge in [0.05, 0.1) is 0 Å². The van der Waals surface area contributed by atoms with E-state index in [4.69, 9.17) is 0 Å². The Balaban J connectivity index is 2.95. The lowest BCUT2D eigenvalue weighted by Crippen LogP contribution is -2.47. The molecule has 0 aliphatic heterocycles. The summed E-state index contributed by atoms with van der Waals surface area (Å²) in [6.07, 6.45) is 0.321. The summed E-state index contributed by atoms with van der Waals surface area (Å²) in [7, 11) is 0. The van der Waals surface area contributed by atoms with Crippen molar-refractivity contribution in [2.24, 2.45) is 0 Å². The van der Waals surface area contributed by atoms with Gasteiger partial charge in [-0.3, -0.25) is 14.4 Å². The molecule has 0 aromatic rings. The summed E-state index contributed by atoms with van der Waals surface area (Å²) >= 11 is 0. The maximum Gasteiger partial charge on any atom is 0.254 e. The molecule has 1 aliphatic rings. The Morgan fingerprint density at radius 1 is 1.00 bits per heavy atom. The number of Topliss-reactive ketones (excluding diaryl/α,β-unsaturated/α-hetero) is 2. The Labute approximate surface area is 138 Å². The van der Waals surface area contributed by atoms with Crippen LogP contribution in [0.15, 0.2) is 22.3 Å². The van der Waals surface area contributed by atoms with Gasteiger partial charge < -0.3 is 10.0 Å². The van der Waals surface area contributed by atoms with Gasteiger partial charge in [-0.2, -0.15) is 0 Å². The minimum atomic E-state index is -1.55. The van der Waals surface area contributed by atoms with Crippen molar-refractivity contribution in [2.45, 2.75) is 60.0 Å². The molecule has 5 heteroatoms. The van der Waals surface area contributed by atoms with Crippen LogP contribution in [0.5, 0.6) is 0 Å². The summed E-state index contributed by atoms with van der Waals surface area (Å²) in [5.74, 6) is -0.642. The molecular formula is C18H27NO4. The summed E-state index contributed by atoms with van der Waals surface area (Å²) in [6.45, 7) is 11.1. The highest BCUT2D eigenvalue weighted by Crippen LogP contribution is 2.29. The van der Waals surface area contributed by atoms with Gasteiger partial charge in [0.2, 0.25) is 0 Å². The van der Waals surface area contributed by atoms with E-state index in [0.717, 1.165) is 0 Å². The largest absolute Gasteiger partial charge is 0.380 e. The molecule has 5 nitrogen and oxygen atoms in total. The third-order valence-electron chi connectivity index (χ3n) is 4.68. The molecule has 23 heavy (non-hydrogen) atoms. The molecule has 1 amide bonds. The van der Waals surface area contributed by atoms with E-state index in [0.29, 0.717) is 35.4 Å². The van der Waals surface area contributed by atoms with Crippen molar-refractivity contribution in [3.05, 3.63) is 22.3 Å². The average Bonchev–Trinajstić information content (AvgIpc) is 2.52. The van der Waals surface area contributed by atoms with E-state index in [2.05, 4.69) is 0 Å². The van der Waals surface area contributed by atoms with Crippen LogP contribution >= 0.6 is 0 Å². The highest BCUT2D eigenvalue weighted by Gasteiger charge is 2.35. The van der Waals surface area contributed by atoms with E-state index in [-0.39, 0.29) is 30.3 Å². The van der Waals surface area contributed by atoms with Crippen molar-refractivity contribution in [3.8, 4) is 0 Å². The van der Waals surface area contributed by atoms with Crippen LogP contribution in [0.2, 0.25) is 0 Å². The normalized spacial score (nSPS) is 18.4. The lowest BCUT2D eigenvalue weighted by atomic mass is 9.82. The number of amides is 1. The number of carbonyl (C=O) groups excluding carboxylic acids is 3. The summed E-state index contributed by atoms with van der Waals surface area (Å²) < 4.78 is 0. The number of aliphatic hydroxyl groups is 1. The fourth-order valence-electron chi connectivity index (χ4n) is 2.78. The predicted molar refractivity (Wildman–Crippen MR) is 88.9 cm³/mol. The van der Waals surface area contributed by atoms with Crippen LogP contribution in [0, 0.1) is 0 Å². The van der Waals surface area contributed by atoms with Crippen molar-refractivity contribution in [2.75, 3.05) is 13.1 Å². The van der Waals surface area contributed by atoms with Crippen LogP contribution in [0.4, 0.5) is 0 Å². The van der Waals surface area contributed by atoms with Gasteiger partial charge >= 0.3 is 0 Å². The second-order valence-electron chi connectivity index (χ2n) is 6.26. The molecule has 0 saturated carbocycles. The Hall–Kier alpha value is -1.75. The molecule has 1 N–H and O–H groups in total. The Morgan fingerprint density at radius 3 is 1.96 bits per heavy atom. The number of hydrogen-bond acceptors (Lipinski definition) is 4. The van der Waals surface area contributed by atoms with Gasteiger partial charge in [0.25, 0.3) is 5.91 Å². The van der Waals surface area contributed by atoms with Gasteiger partial charge in [-0.05, 0) is 54.4 Å². The molecule has 1 unspecified atom stereocenters. The number of likely N-dealkylation sites (N-methyl/N-ethyl adjacent to an activating group) is 1.